The van der Waals surface area contributed by atoms with Crippen LogP contribution in [-0.4, -0.2) is 51.8 Å². The van der Waals surface area contributed by atoms with Gasteiger partial charge in [0.15, 0.2) is 0 Å². The quantitative estimate of drug-likeness (QED) is 0.238. The fourth-order valence-electron chi connectivity index (χ4n) is 7.20. The van der Waals surface area contributed by atoms with Gasteiger partial charge in [-0.15, -0.1) is 0 Å². The molecule has 2 aliphatic carbocycles. The van der Waals surface area contributed by atoms with E-state index in [2.05, 4.69) is 97.1 Å². The molecule has 0 bridgehead atoms. The van der Waals surface area contributed by atoms with E-state index in [-0.39, 0.29) is 23.0 Å². The molecule has 4 heteroatoms. The molecule has 4 aromatic rings. The molecule has 0 radical (unpaired) electrons. The molecule has 2 aliphatic heterocycles. The van der Waals surface area contributed by atoms with Crippen LogP contribution in [0.25, 0.3) is 22.3 Å². The van der Waals surface area contributed by atoms with Crippen LogP contribution in [0.2, 0.25) is 0 Å². The average molecular weight is 517 g/mol. The van der Waals surface area contributed by atoms with E-state index in [9.17, 15) is 0 Å². The summed E-state index contributed by atoms with van der Waals surface area (Å²) in [6.45, 7) is 4.03. The highest BCUT2D eigenvalue weighted by Crippen LogP contribution is 2.59. The summed E-state index contributed by atoms with van der Waals surface area (Å²) >= 11 is 0. The first-order valence-corrected chi connectivity index (χ1v) is 14.1. The zero-order valence-electron chi connectivity index (χ0n) is 22.0. The van der Waals surface area contributed by atoms with Crippen LogP contribution in [0, 0.1) is 0 Å². The van der Waals surface area contributed by atoms with Crippen LogP contribution in [0.4, 0.5) is 0 Å². The largest absolute Gasteiger partial charge is 0.377 e. The third-order valence-corrected chi connectivity index (χ3v) is 9.06. The maximum Gasteiger partial charge on any atom is 0.104 e. The van der Waals surface area contributed by atoms with Gasteiger partial charge in [-0.25, -0.2) is 0 Å². The van der Waals surface area contributed by atoms with E-state index in [1.165, 1.54) is 44.5 Å². The summed E-state index contributed by atoms with van der Waals surface area (Å²) in [4.78, 5) is 0. The Morgan fingerprint density at radius 3 is 1.13 bits per heavy atom. The lowest BCUT2D eigenvalue weighted by Gasteiger charge is -2.42. The predicted molar refractivity (Wildman–Crippen MR) is 151 cm³/mol. The first-order chi connectivity index (χ1) is 19.3. The van der Waals surface area contributed by atoms with Crippen molar-refractivity contribution >= 4 is 0 Å². The normalized spacial score (nSPS) is 22.1. The van der Waals surface area contributed by atoms with Crippen LogP contribution < -0.4 is 0 Å². The van der Waals surface area contributed by atoms with Crippen LogP contribution in [0.3, 0.4) is 0 Å². The summed E-state index contributed by atoms with van der Waals surface area (Å²) in [5, 5.41) is 0. The van der Waals surface area contributed by atoms with Gasteiger partial charge in [-0.2, -0.15) is 0 Å². The summed E-state index contributed by atoms with van der Waals surface area (Å²) in [6.07, 6.45) is 1.29. The van der Waals surface area contributed by atoms with Gasteiger partial charge in [0.05, 0.1) is 39.6 Å². The van der Waals surface area contributed by atoms with Crippen molar-refractivity contribution in [2.24, 2.45) is 0 Å². The number of ether oxygens (including phenoxy) is 4. The molecule has 4 nitrogen and oxygen atoms in total. The Balaban J connectivity index is 1.32. The van der Waals surface area contributed by atoms with Gasteiger partial charge >= 0.3 is 0 Å². The molecule has 8 rings (SSSR count). The zero-order valence-corrected chi connectivity index (χ0v) is 22.0. The standard InChI is InChI=1S/C35H32O4/c1-5-13-30-26(9-1)27-10-2-6-14-31(27)34(30,22-36-17-24-19-38-24)21-35(23-37-18-25-20-39-25)32-15-7-3-11-28(32)29-12-4-8-16-33(29)35/h1-16,24-25H,17-23H2. The SMILES string of the molecule is c1ccc2c(c1)-c1ccccc1C2(COCC1CO1)CC1(COCC2CO2)c2ccccc2-c2ccccc21. The molecule has 2 atom stereocenters. The van der Waals surface area contributed by atoms with Gasteiger partial charge in [0.1, 0.15) is 12.2 Å². The van der Waals surface area contributed by atoms with Crippen molar-refractivity contribution in [2.75, 3.05) is 39.6 Å². The number of hydrogen-bond donors (Lipinski definition) is 0. The van der Waals surface area contributed by atoms with Crippen molar-refractivity contribution in [3.05, 3.63) is 119 Å². The second-order valence-corrected chi connectivity index (χ2v) is 11.5. The molecule has 4 aromatic carbocycles. The lowest BCUT2D eigenvalue weighted by atomic mass is 9.63. The first kappa shape index (κ1) is 23.6. The summed E-state index contributed by atoms with van der Waals surface area (Å²) in [5.74, 6) is 0. The minimum absolute atomic E-state index is 0.220. The number of fused-ring (bicyclic) bond motifs is 6. The van der Waals surface area contributed by atoms with Crippen molar-refractivity contribution in [3.8, 4) is 22.3 Å². The van der Waals surface area contributed by atoms with Gasteiger partial charge in [0.25, 0.3) is 0 Å². The highest BCUT2D eigenvalue weighted by molar-refractivity contribution is 5.84. The van der Waals surface area contributed by atoms with Crippen molar-refractivity contribution in [1.29, 1.82) is 0 Å². The Morgan fingerprint density at radius 2 is 0.821 bits per heavy atom. The molecule has 0 spiro atoms. The molecular formula is C35H32O4. The molecule has 2 unspecified atom stereocenters. The molecule has 0 amide bonds. The highest BCUT2D eigenvalue weighted by Gasteiger charge is 2.53. The van der Waals surface area contributed by atoms with Crippen LogP contribution >= 0.6 is 0 Å². The molecule has 0 N–H and O–H groups in total. The Kier molecular flexibility index (Phi) is 5.53. The van der Waals surface area contributed by atoms with Crippen LogP contribution in [0.15, 0.2) is 97.1 Å². The van der Waals surface area contributed by atoms with Gasteiger partial charge < -0.3 is 18.9 Å². The van der Waals surface area contributed by atoms with Crippen LogP contribution in [0.5, 0.6) is 0 Å². The van der Waals surface area contributed by atoms with Gasteiger partial charge in [-0.1, -0.05) is 97.1 Å². The Bertz CT molecular complexity index is 1330. The lowest BCUT2D eigenvalue weighted by Crippen LogP contribution is -2.43. The van der Waals surface area contributed by atoms with E-state index in [0.29, 0.717) is 26.4 Å². The van der Waals surface area contributed by atoms with Gasteiger partial charge in [-0.05, 0) is 50.9 Å². The molecule has 4 aliphatic rings. The van der Waals surface area contributed by atoms with E-state index in [1.54, 1.807) is 0 Å². The maximum atomic E-state index is 6.56. The molecule has 2 heterocycles. The third-order valence-electron chi connectivity index (χ3n) is 9.06. The molecule has 0 aromatic heterocycles. The van der Waals surface area contributed by atoms with Crippen molar-refractivity contribution < 1.29 is 18.9 Å². The maximum absolute atomic E-state index is 6.56. The molecule has 196 valence electrons. The predicted octanol–water partition coefficient (Wildman–Crippen LogP) is 6.14. The molecule has 0 saturated carbocycles. The number of rotatable bonds is 10. The second-order valence-electron chi connectivity index (χ2n) is 11.5. The van der Waals surface area contributed by atoms with Gasteiger partial charge in [-0.3, -0.25) is 0 Å². The van der Waals surface area contributed by atoms with E-state index in [1.807, 2.05) is 0 Å². The Hall–Kier alpha value is -3.28. The molecule has 2 saturated heterocycles. The van der Waals surface area contributed by atoms with E-state index in [0.717, 1.165) is 19.6 Å². The summed E-state index contributed by atoms with van der Waals surface area (Å²) in [7, 11) is 0. The second kappa shape index (κ2) is 9.14. The van der Waals surface area contributed by atoms with Gasteiger partial charge in [0, 0.05) is 10.8 Å². The van der Waals surface area contributed by atoms with E-state index >= 15 is 0 Å². The zero-order chi connectivity index (χ0) is 25.9. The lowest BCUT2D eigenvalue weighted by molar-refractivity contribution is 0.0491. The van der Waals surface area contributed by atoms with Crippen molar-refractivity contribution in [1.82, 2.24) is 0 Å². The molecular weight excluding hydrogens is 484 g/mol. The Morgan fingerprint density at radius 1 is 0.513 bits per heavy atom. The number of hydrogen-bond acceptors (Lipinski definition) is 4. The van der Waals surface area contributed by atoms with Crippen LogP contribution in [0.1, 0.15) is 28.7 Å². The van der Waals surface area contributed by atoms with Crippen LogP contribution in [-0.2, 0) is 29.8 Å². The smallest absolute Gasteiger partial charge is 0.104 e. The minimum Gasteiger partial charge on any atom is -0.377 e. The first-order valence-electron chi connectivity index (χ1n) is 14.1. The summed E-state index contributed by atoms with van der Waals surface area (Å²) < 4.78 is 24.1. The summed E-state index contributed by atoms with van der Waals surface area (Å²) in [5.41, 5.74) is 9.91. The summed E-state index contributed by atoms with van der Waals surface area (Å²) in [6, 6.07) is 35.6. The van der Waals surface area contributed by atoms with E-state index in [4.69, 9.17) is 18.9 Å². The fraction of sp³-hybridized carbons (Fsp3) is 0.314. The molecule has 39 heavy (non-hydrogen) atoms. The van der Waals surface area contributed by atoms with Gasteiger partial charge in [0.2, 0.25) is 0 Å². The monoisotopic (exact) mass is 516 g/mol. The number of epoxide rings is 2. The van der Waals surface area contributed by atoms with Crippen molar-refractivity contribution in [2.45, 2.75) is 29.5 Å². The topological polar surface area (TPSA) is 43.5 Å². The highest BCUT2D eigenvalue weighted by atomic mass is 16.6. The average Bonchev–Trinajstić information content (AvgIpc) is 3.93. The fourth-order valence-corrected chi connectivity index (χ4v) is 7.20. The number of benzene rings is 4. The Labute approximate surface area is 229 Å². The molecule has 2 fully saturated rings. The van der Waals surface area contributed by atoms with Crippen molar-refractivity contribution in [3.63, 3.8) is 0 Å². The van der Waals surface area contributed by atoms with E-state index < -0.39 is 0 Å². The minimum atomic E-state index is -0.341. The third kappa shape index (κ3) is 3.81.